The van der Waals surface area contributed by atoms with Crippen molar-refractivity contribution in [2.45, 2.75) is 32.7 Å². The second-order valence-electron chi connectivity index (χ2n) is 3.61. The zero-order chi connectivity index (χ0) is 11.4. The highest BCUT2D eigenvalue weighted by molar-refractivity contribution is 9.13. The third-order valence-electron chi connectivity index (χ3n) is 2.80. The molecule has 0 fully saturated rings. The predicted molar refractivity (Wildman–Crippen MR) is 75.6 cm³/mol. The van der Waals surface area contributed by atoms with Crippen molar-refractivity contribution in [3.8, 4) is 0 Å². The lowest BCUT2D eigenvalue weighted by Gasteiger charge is -2.23. The van der Waals surface area contributed by atoms with E-state index in [1.165, 1.54) is 21.5 Å². The average molecular weight is 355 g/mol. The fourth-order valence-corrected chi connectivity index (χ4v) is 4.18. The molecular formula is C11H17Br2NS. The molecule has 0 aliphatic heterocycles. The number of halogens is 2. The number of nitrogens with one attached hydrogen (secondary N) is 1. The molecule has 1 nitrogen and oxygen atoms in total. The summed E-state index contributed by atoms with van der Waals surface area (Å²) < 4.78 is 2.34. The van der Waals surface area contributed by atoms with E-state index in [2.05, 4.69) is 57.1 Å². The molecule has 0 bridgehead atoms. The van der Waals surface area contributed by atoms with Gasteiger partial charge in [0.15, 0.2) is 0 Å². The van der Waals surface area contributed by atoms with Crippen molar-refractivity contribution in [1.29, 1.82) is 0 Å². The van der Waals surface area contributed by atoms with Crippen molar-refractivity contribution in [3.05, 3.63) is 19.2 Å². The van der Waals surface area contributed by atoms with E-state index in [1.54, 1.807) is 0 Å². The minimum atomic E-state index is 0.479. The minimum absolute atomic E-state index is 0.479. The summed E-state index contributed by atoms with van der Waals surface area (Å²) in [7, 11) is 2.05. The number of rotatable bonds is 5. The Morgan fingerprint density at radius 1 is 1.33 bits per heavy atom. The van der Waals surface area contributed by atoms with Crippen LogP contribution in [0.2, 0.25) is 0 Å². The predicted octanol–water partition coefficient (Wildman–Crippen LogP) is 4.97. The van der Waals surface area contributed by atoms with Gasteiger partial charge in [0.25, 0.3) is 0 Å². The van der Waals surface area contributed by atoms with Crippen molar-refractivity contribution in [3.63, 3.8) is 0 Å². The highest BCUT2D eigenvalue weighted by Gasteiger charge is 2.21. The topological polar surface area (TPSA) is 12.0 Å². The molecule has 0 aromatic carbocycles. The van der Waals surface area contributed by atoms with E-state index >= 15 is 0 Å². The summed E-state index contributed by atoms with van der Waals surface area (Å²) >= 11 is 8.91. The average Bonchev–Trinajstić information content (AvgIpc) is 2.55. The van der Waals surface area contributed by atoms with Crippen molar-refractivity contribution in [2.75, 3.05) is 7.05 Å². The fraction of sp³-hybridized carbons (Fsp3) is 0.636. The Morgan fingerprint density at radius 3 is 2.27 bits per heavy atom. The molecule has 1 aromatic rings. The van der Waals surface area contributed by atoms with Crippen LogP contribution in [0, 0.1) is 5.92 Å². The second-order valence-corrected chi connectivity index (χ2v) is 6.87. The standard InChI is InChI=1S/C11H17Br2NS/c1-4-7(5-2)10(14-3)9-6-8(12)11(13)15-9/h6-7,10,14H,4-5H2,1-3H3. The van der Waals surface area contributed by atoms with Gasteiger partial charge in [-0.2, -0.15) is 0 Å². The Balaban J connectivity index is 2.91. The SMILES string of the molecule is CCC(CC)C(NC)c1cc(Br)c(Br)s1. The van der Waals surface area contributed by atoms with Gasteiger partial charge in [-0.3, -0.25) is 0 Å². The summed E-state index contributed by atoms with van der Waals surface area (Å²) in [6.07, 6.45) is 2.43. The van der Waals surface area contributed by atoms with Crippen LogP contribution in [0.4, 0.5) is 0 Å². The van der Waals surface area contributed by atoms with E-state index in [0.29, 0.717) is 12.0 Å². The fourth-order valence-electron chi connectivity index (χ4n) is 1.89. The highest BCUT2D eigenvalue weighted by atomic mass is 79.9. The van der Waals surface area contributed by atoms with E-state index in [1.807, 2.05) is 18.4 Å². The summed E-state index contributed by atoms with van der Waals surface area (Å²) in [4.78, 5) is 1.41. The first-order valence-electron chi connectivity index (χ1n) is 5.25. The summed E-state index contributed by atoms with van der Waals surface area (Å²) in [5.74, 6) is 0.715. The molecule has 4 heteroatoms. The second kappa shape index (κ2) is 6.38. The van der Waals surface area contributed by atoms with Crippen LogP contribution in [0.5, 0.6) is 0 Å². The number of hydrogen-bond acceptors (Lipinski definition) is 2. The third kappa shape index (κ3) is 3.29. The molecule has 1 atom stereocenters. The van der Waals surface area contributed by atoms with Crippen LogP contribution < -0.4 is 5.32 Å². The molecular weight excluding hydrogens is 338 g/mol. The Hall–Kier alpha value is 0.620. The number of hydrogen-bond donors (Lipinski definition) is 1. The van der Waals surface area contributed by atoms with Crippen LogP contribution in [-0.4, -0.2) is 7.05 Å². The van der Waals surface area contributed by atoms with Crippen molar-refractivity contribution >= 4 is 43.2 Å². The van der Waals surface area contributed by atoms with Gasteiger partial charge in [-0.05, 0) is 50.9 Å². The van der Waals surface area contributed by atoms with Gasteiger partial charge in [-0.25, -0.2) is 0 Å². The maximum atomic E-state index is 3.55. The molecule has 0 aliphatic carbocycles. The van der Waals surface area contributed by atoms with Gasteiger partial charge >= 0.3 is 0 Å². The van der Waals surface area contributed by atoms with Gasteiger partial charge in [0.1, 0.15) is 0 Å². The maximum Gasteiger partial charge on any atom is 0.0843 e. The van der Waals surface area contributed by atoms with E-state index in [4.69, 9.17) is 0 Å². The Bertz CT molecular complexity index is 288. The van der Waals surface area contributed by atoms with Crippen LogP contribution in [0.15, 0.2) is 14.3 Å². The molecule has 0 aliphatic rings. The smallest absolute Gasteiger partial charge is 0.0843 e. The number of thiophene rings is 1. The lowest BCUT2D eigenvalue weighted by molar-refractivity contribution is 0.364. The van der Waals surface area contributed by atoms with Gasteiger partial charge in [-0.15, -0.1) is 11.3 Å². The molecule has 1 N–H and O–H groups in total. The van der Waals surface area contributed by atoms with Crippen LogP contribution >= 0.6 is 43.2 Å². The van der Waals surface area contributed by atoms with Crippen LogP contribution in [-0.2, 0) is 0 Å². The van der Waals surface area contributed by atoms with Gasteiger partial charge in [0, 0.05) is 15.4 Å². The first-order valence-corrected chi connectivity index (χ1v) is 7.66. The molecule has 0 saturated heterocycles. The molecule has 15 heavy (non-hydrogen) atoms. The normalized spacial score (nSPS) is 13.5. The summed E-state index contributed by atoms with van der Waals surface area (Å²) in [5.41, 5.74) is 0. The van der Waals surface area contributed by atoms with Gasteiger partial charge in [0.05, 0.1) is 3.79 Å². The van der Waals surface area contributed by atoms with Crippen molar-refractivity contribution in [2.24, 2.45) is 5.92 Å². The van der Waals surface area contributed by atoms with E-state index < -0.39 is 0 Å². The monoisotopic (exact) mass is 353 g/mol. The zero-order valence-corrected chi connectivity index (χ0v) is 13.3. The molecule has 1 heterocycles. The van der Waals surface area contributed by atoms with Crippen molar-refractivity contribution in [1.82, 2.24) is 5.32 Å². The Labute approximate surface area is 113 Å². The van der Waals surface area contributed by atoms with Crippen molar-refractivity contribution < 1.29 is 0 Å². The van der Waals surface area contributed by atoms with E-state index in [0.717, 1.165) is 4.47 Å². The maximum absolute atomic E-state index is 3.55. The quantitative estimate of drug-likeness (QED) is 0.787. The summed E-state index contributed by atoms with van der Waals surface area (Å²) in [6.45, 7) is 4.52. The zero-order valence-electron chi connectivity index (χ0n) is 9.31. The summed E-state index contributed by atoms with van der Waals surface area (Å²) in [5, 5.41) is 3.43. The first-order chi connectivity index (χ1) is 7.13. The minimum Gasteiger partial charge on any atom is -0.312 e. The van der Waals surface area contributed by atoms with E-state index in [-0.39, 0.29) is 0 Å². The Kier molecular flexibility index (Phi) is 5.82. The molecule has 0 saturated carbocycles. The lowest BCUT2D eigenvalue weighted by atomic mass is 9.93. The largest absolute Gasteiger partial charge is 0.312 e. The summed E-state index contributed by atoms with van der Waals surface area (Å²) in [6, 6.07) is 2.70. The molecule has 1 rings (SSSR count). The third-order valence-corrected chi connectivity index (χ3v) is 6.14. The van der Waals surface area contributed by atoms with Crippen LogP contribution in [0.25, 0.3) is 0 Å². The molecule has 86 valence electrons. The first kappa shape index (κ1) is 13.7. The van der Waals surface area contributed by atoms with E-state index in [9.17, 15) is 0 Å². The molecule has 1 aromatic heterocycles. The lowest BCUT2D eigenvalue weighted by Crippen LogP contribution is -2.23. The molecule has 1 unspecified atom stereocenters. The van der Waals surface area contributed by atoms with Crippen LogP contribution in [0.1, 0.15) is 37.6 Å². The molecule has 0 radical (unpaired) electrons. The van der Waals surface area contributed by atoms with Gasteiger partial charge in [0.2, 0.25) is 0 Å². The van der Waals surface area contributed by atoms with Gasteiger partial charge in [-0.1, -0.05) is 26.7 Å². The Morgan fingerprint density at radius 2 is 1.93 bits per heavy atom. The molecule has 0 amide bonds. The van der Waals surface area contributed by atoms with Gasteiger partial charge < -0.3 is 5.32 Å². The highest BCUT2D eigenvalue weighted by Crippen LogP contribution is 2.38. The van der Waals surface area contributed by atoms with Crippen LogP contribution in [0.3, 0.4) is 0 Å². The molecule has 0 spiro atoms.